The van der Waals surface area contributed by atoms with Gasteiger partial charge in [-0.2, -0.15) is 0 Å². The first kappa shape index (κ1) is 14.0. The van der Waals surface area contributed by atoms with Crippen molar-refractivity contribution in [1.29, 1.82) is 0 Å². The SMILES string of the molecule is C[C@H](C(=O)O)N1CC[C@H](COCc2ccccc2)C1. The van der Waals surface area contributed by atoms with E-state index in [0.717, 1.165) is 19.5 Å². The Labute approximate surface area is 114 Å². The zero-order chi connectivity index (χ0) is 13.7. The lowest BCUT2D eigenvalue weighted by Gasteiger charge is -2.20. The van der Waals surface area contributed by atoms with Gasteiger partial charge in [0, 0.05) is 6.54 Å². The Morgan fingerprint density at radius 1 is 1.47 bits per heavy atom. The van der Waals surface area contributed by atoms with E-state index < -0.39 is 5.97 Å². The molecular weight excluding hydrogens is 242 g/mol. The van der Waals surface area contributed by atoms with Crippen molar-refractivity contribution >= 4 is 5.97 Å². The van der Waals surface area contributed by atoms with E-state index in [1.807, 2.05) is 35.2 Å². The molecule has 1 heterocycles. The van der Waals surface area contributed by atoms with E-state index >= 15 is 0 Å². The highest BCUT2D eigenvalue weighted by atomic mass is 16.5. The Kier molecular flexibility index (Phi) is 4.93. The Morgan fingerprint density at radius 2 is 2.21 bits per heavy atom. The number of carbonyl (C=O) groups is 1. The first-order chi connectivity index (χ1) is 9.16. The summed E-state index contributed by atoms with van der Waals surface area (Å²) >= 11 is 0. The predicted molar refractivity (Wildman–Crippen MR) is 72.9 cm³/mol. The molecule has 104 valence electrons. The zero-order valence-electron chi connectivity index (χ0n) is 11.3. The van der Waals surface area contributed by atoms with E-state index in [0.29, 0.717) is 19.1 Å². The van der Waals surface area contributed by atoms with Gasteiger partial charge in [0.1, 0.15) is 6.04 Å². The summed E-state index contributed by atoms with van der Waals surface area (Å²) in [4.78, 5) is 12.9. The molecule has 1 N–H and O–H groups in total. The maximum absolute atomic E-state index is 10.9. The van der Waals surface area contributed by atoms with Crippen LogP contribution in [0.4, 0.5) is 0 Å². The smallest absolute Gasteiger partial charge is 0.320 e. The summed E-state index contributed by atoms with van der Waals surface area (Å²) in [6.45, 7) is 4.76. The molecule has 0 spiro atoms. The third kappa shape index (κ3) is 4.04. The second-order valence-corrected chi connectivity index (χ2v) is 5.16. The third-order valence-electron chi connectivity index (χ3n) is 3.69. The first-order valence-corrected chi connectivity index (χ1v) is 6.75. The summed E-state index contributed by atoms with van der Waals surface area (Å²) in [5, 5.41) is 8.98. The van der Waals surface area contributed by atoms with Crippen LogP contribution >= 0.6 is 0 Å². The molecule has 0 aliphatic carbocycles. The molecule has 4 nitrogen and oxygen atoms in total. The Bertz CT molecular complexity index is 407. The molecule has 0 bridgehead atoms. The molecular formula is C15H21NO3. The minimum absolute atomic E-state index is 0.390. The van der Waals surface area contributed by atoms with Gasteiger partial charge in [-0.05, 0) is 31.4 Å². The second-order valence-electron chi connectivity index (χ2n) is 5.16. The van der Waals surface area contributed by atoms with Gasteiger partial charge in [-0.25, -0.2) is 0 Å². The highest BCUT2D eigenvalue weighted by Crippen LogP contribution is 2.19. The fourth-order valence-electron chi connectivity index (χ4n) is 2.42. The van der Waals surface area contributed by atoms with Crippen molar-refractivity contribution < 1.29 is 14.6 Å². The van der Waals surface area contributed by atoms with E-state index in [-0.39, 0.29) is 6.04 Å². The number of benzene rings is 1. The number of aliphatic carboxylic acids is 1. The van der Waals surface area contributed by atoms with Gasteiger partial charge in [0.25, 0.3) is 0 Å². The lowest BCUT2D eigenvalue weighted by Crippen LogP contribution is -2.37. The maximum Gasteiger partial charge on any atom is 0.320 e. The molecule has 1 aliphatic rings. The number of likely N-dealkylation sites (tertiary alicyclic amines) is 1. The van der Waals surface area contributed by atoms with Crippen LogP contribution in [0.1, 0.15) is 18.9 Å². The van der Waals surface area contributed by atoms with Crippen LogP contribution in [-0.4, -0.2) is 41.7 Å². The summed E-state index contributed by atoms with van der Waals surface area (Å²) in [6.07, 6.45) is 1.02. The standard InChI is InChI=1S/C15H21NO3/c1-12(15(17)18)16-8-7-14(9-16)11-19-10-13-5-3-2-4-6-13/h2-6,12,14H,7-11H2,1H3,(H,17,18)/t12-,14+/m1/s1. The second kappa shape index (κ2) is 6.68. The molecule has 19 heavy (non-hydrogen) atoms. The van der Waals surface area contributed by atoms with Gasteiger partial charge >= 0.3 is 5.97 Å². The van der Waals surface area contributed by atoms with Gasteiger partial charge in [0.05, 0.1) is 13.2 Å². The van der Waals surface area contributed by atoms with Crippen molar-refractivity contribution in [3.63, 3.8) is 0 Å². The molecule has 1 fully saturated rings. The van der Waals surface area contributed by atoms with Crippen LogP contribution in [0.2, 0.25) is 0 Å². The molecule has 2 rings (SSSR count). The van der Waals surface area contributed by atoms with Crippen LogP contribution in [0.5, 0.6) is 0 Å². The molecule has 2 atom stereocenters. The summed E-state index contributed by atoms with van der Waals surface area (Å²) in [5.41, 5.74) is 1.18. The van der Waals surface area contributed by atoms with Crippen LogP contribution in [-0.2, 0) is 16.1 Å². The molecule has 4 heteroatoms. The lowest BCUT2D eigenvalue weighted by molar-refractivity contribution is -0.142. The summed E-state index contributed by atoms with van der Waals surface area (Å²) in [5.74, 6) is -0.295. The Morgan fingerprint density at radius 3 is 2.89 bits per heavy atom. The fraction of sp³-hybridized carbons (Fsp3) is 0.533. The number of rotatable bonds is 6. The van der Waals surface area contributed by atoms with E-state index in [2.05, 4.69) is 0 Å². The molecule has 1 saturated heterocycles. The largest absolute Gasteiger partial charge is 0.480 e. The minimum Gasteiger partial charge on any atom is -0.480 e. The van der Waals surface area contributed by atoms with E-state index in [1.165, 1.54) is 5.56 Å². The van der Waals surface area contributed by atoms with Crippen molar-refractivity contribution in [2.24, 2.45) is 5.92 Å². The quantitative estimate of drug-likeness (QED) is 0.853. The number of hydrogen-bond acceptors (Lipinski definition) is 3. The Balaban J connectivity index is 1.70. The fourth-order valence-corrected chi connectivity index (χ4v) is 2.42. The number of carboxylic acids is 1. The number of nitrogens with zero attached hydrogens (tertiary/aromatic N) is 1. The number of ether oxygens (including phenoxy) is 1. The van der Waals surface area contributed by atoms with Crippen molar-refractivity contribution in [2.45, 2.75) is 26.0 Å². The van der Waals surface area contributed by atoms with Crippen molar-refractivity contribution in [3.05, 3.63) is 35.9 Å². The van der Waals surface area contributed by atoms with Crippen molar-refractivity contribution in [3.8, 4) is 0 Å². The molecule has 0 saturated carbocycles. The summed E-state index contributed by atoms with van der Waals surface area (Å²) in [6, 6.07) is 9.71. The van der Waals surface area contributed by atoms with Gasteiger partial charge in [-0.15, -0.1) is 0 Å². The van der Waals surface area contributed by atoms with Gasteiger partial charge in [0.2, 0.25) is 0 Å². The van der Waals surface area contributed by atoms with Crippen LogP contribution < -0.4 is 0 Å². The van der Waals surface area contributed by atoms with Crippen LogP contribution in [0.15, 0.2) is 30.3 Å². The molecule has 0 amide bonds. The Hall–Kier alpha value is -1.39. The molecule has 1 aromatic rings. The molecule has 1 aromatic carbocycles. The average Bonchev–Trinajstić information content (AvgIpc) is 2.88. The number of hydrogen-bond donors (Lipinski definition) is 1. The molecule has 1 aliphatic heterocycles. The topological polar surface area (TPSA) is 49.8 Å². The number of carboxylic acid groups (broad SMARTS) is 1. The first-order valence-electron chi connectivity index (χ1n) is 6.75. The highest BCUT2D eigenvalue weighted by Gasteiger charge is 2.29. The van der Waals surface area contributed by atoms with E-state index in [9.17, 15) is 4.79 Å². The molecule has 0 radical (unpaired) electrons. The maximum atomic E-state index is 10.9. The monoisotopic (exact) mass is 263 g/mol. The third-order valence-corrected chi connectivity index (χ3v) is 3.69. The zero-order valence-corrected chi connectivity index (χ0v) is 11.3. The lowest BCUT2D eigenvalue weighted by atomic mass is 10.1. The van der Waals surface area contributed by atoms with Crippen LogP contribution in [0, 0.1) is 5.92 Å². The van der Waals surface area contributed by atoms with Gasteiger partial charge in [-0.1, -0.05) is 30.3 Å². The van der Waals surface area contributed by atoms with Gasteiger partial charge in [0.15, 0.2) is 0 Å². The molecule has 0 unspecified atom stereocenters. The predicted octanol–water partition coefficient (Wildman–Crippen LogP) is 2.00. The van der Waals surface area contributed by atoms with Crippen LogP contribution in [0.3, 0.4) is 0 Å². The summed E-state index contributed by atoms with van der Waals surface area (Å²) < 4.78 is 5.72. The van der Waals surface area contributed by atoms with E-state index in [4.69, 9.17) is 9.84 Å². The highest BCUT2D eigenvalue weighted by molar-refractivity contribution is 5.72. The van der Waals surface area contributed by atoms with E-state index in [1.54, 1.807) is 6.92 Å². The van der Waals surface area contributed by atoms with Gasteiger partial charge < -0.3 is 9.84 Å². The van der Waals surface area contributed by atoms with Crippen molar-refractivity contribution in [1.82, 2.24) is 4.90 Å². The minimum atomic E-state index is -0.745. The van der Waals surface area contributed by atoms with Crippen LogP contribution in [0.25, 0.3) is 0 Å². The molecule has 0 aromatic heterocycles. The van der Waals surface area contributed by atoms with Gasteiger partial charge in [-0.3, -0.25) is 9.69 Å². The summed E-state index contributed by atoms with van der Waals surface area (Å²) in [7, 11) is 0. The normalized spacial score (nSPS) is 21.4. The average molecular weight is 263 g/mol. The van der Waals surface area contributed by atoms with Crippen molar-refractivity contribution in [2.75, 3.05) is 19.7 Å².